The van der Waals surface area contributed by atoms with Crippen molar-refractivity contribution in [2.24, 2.45) is 5.92 Å². The number of aromatic amines is 1. The number of rotatable bonds is 6. The first-order valence-corrected chi connectivity index (χ1v) is 11.7. The molecule has 3 aliphatic carbocycles. The second-order valence-electron chi connectivity index (χ2n) is 9.23. The Morgan fingerprint density at radius 1 is 1.17 bits per heavy atom. The van der Waals surface area contributed by atoms with Gasteiger partial charge in [0.2, 0.25) is 5.95 Å². The SMILES string of the molecule is O=C(Nc1nc2c(c(=O)[nH]1)CCCC2)c1cccc(C2CC2NCC2CC2)c1.O=C(O)C(F)(F)F. The van der Waals surface area contributed by atoms with E-state index in [2.05, 4.69) is 26.7 Å². The molecular weight excluding hydrogens is 465 g/mol. The molecule has 0 bridgehead atoms. The Labute approximate surface area is 199 Å². The van der Waals surface area contributed by atoms with E-state index in [0.717, 1.165) is 55.8 Å². The van der Waals surface area contributed by atoms with Gasteiger partial charge in [-0.05, 0) is 75.1 Å². The number of halogens is 3. The minimum atomic E-state index is -5.08. The number of nitrogens with one attached hydrogen (secondary N) is 3. The molecule has 11 heteroatoms. The number of hydrogen-bond donors (Lipinski definition) is 4. The first kappa shape index (κ1) is 24.9. The van der Waals surface area contributed by atoms with Crippen LogP contribution in [0.5, 0.6) is 0 Å². The third kappa shape index (κ3) is 6.68. The normalized spacial score (nSPS) is 20.8. The molecule has 188 valence electrons. The highest BCUT2D eigenvalue weighted by molar-refractivity contribution is 6.03. The molecule has 2 fully saturated rings. The first-order chi connectivity index (χ1) is 16.6. The van der Waals surface area contributed by atoms with E-state index in [0.29, 0.717) is 17.5 Å². The van der Waals surface area contributed by atoms with Crippen molar-refractivity contribution in [3.8, 4) is 0 Å². The molecule has 0 radical (unpaired) electrons. The Morgan fingerprint density at radius 2 is 1.89 bits per heavy atom. The Hall–Kier alpha value is -3.21. The number of anilines is 1. The number of aliphatic carboxylic acids is 1. The fourth-order valence-electron chi connectivity index (χ4n) is 4.18. The molecule has 2 aromatic rings. The van der Waals surface area contributed by atoms with Gasteiger partial charge < -0.3 is 10.4 Å². The van der Waals surface area contributed by atoms with E-state index in [-0.39, 0.29) is 17.4 Å². The number of carbonyl (C=O) groups excluding carboxylic acids is 1. The minimum absolute atomic E-state index is 0.128. The van der Waals surface area contributed by atoms with Crippen molar-refractivity contribution in [3.05, 3.63) is 57.0 Å². The maximum atomic E-state index is 12.7. The van der Waals surface area contributed by atoms with Crippen LogP contribution in [-0.2, 0) is 17.6 Å². The lowest BCUT2D eigenvalue weighted by Crippen LogP contribution is -2.24. The second-order valence-corrected chi connectivity index (χ2v) is 9.23. The van der Waals surface area contributed by atoms with Crippen molar-refractivity contribution in [1.82, 2.24) is 15.3 Å². The largest absolute Gasteiger partial charge is 0.490 e. The number of fused-ring (bicyclic) bond motifs is 1. The zero-order valence-electron chi connectivity index (χ0n) is 19.0. The summed E-state index contributed by atoms with van der Waals surface area (Å²) in [5.74, 6) is -1.37. The van der Waals surface area contributed by atoms with Crippen LogP contribution in [-0.4, -0.2) is 45.7 Å². The summed E-state index contributed by atoms with van der Waals surface area (Å²) in [6, 6.07) is 8.35. The Morgan fingerprint density at radius 3 is 2.57 bits per heavy atom. The molecule has 2 unspecified atom stereocenters. The van der Waals surface area contributed by atoms with Crippen molar-refractivity contribution in [1.29, 1.82) is 0 Å². The first-order valence-electron chi connectivity index (χ1n) is 11.7. The highest BCUT2D eigenvalue weighted by atomic mass is 19.4. The Bertz CT molecular complexity index is 1160. The number of carboxylic acids is 1. The molecule has 35 heavy (non-hydrogen) atoms. The lowest BCUT2D eigenvalue weighted by Gasteiger charge is -2.14. The Kier molecular flexibility index (Phi) is 7.25. The van der Waals surface area contributed by atoms with Gasteiger partial charge in [-0.15, -0.1) is 0 Å². The van der Waals surface area contributed by atoms with Crippen molar-refractivity contribution in [2.45, 2.75) is 63.1 Å². The van der Waals surface area contributed by atoms with E-state index in [1.165, 1.54) is 18.4 Å². The standard InChI is InChI=1S/C22H26N4O2.C2HF3O2/c27-20(25-22-24-18-7-2-1-6-16(18)21(28)26-22)15-5-3-4-14(10-15)17-11-19(17)23-12-13-8-9-13;3-2(4,5)1(6)7/h3-5,10,13,17,19,23H,1-2,6-9,11-12H2,(H2,24,25,26,27,28);(H,6,7). The molecule has 2 atom stereocenters. The molecule has 8 nitrogen and oxygen atoms in total. The average molecular weight is 492 g/mol. The van der Waals surface area contributed by atoms with E-state index in [1.807, 2.05) is 18.2 Å². The summed E-state index contributed by atoms with van der Waals surface area (Å²) >= 11 is 0. The van der Waals surface area contributed by atoms with Crippen LogP contribution >= 0.6 is 0 Å². The van der Waals surface area contributed by atoms with Gasteiger partial charge in [-0.25, -0.2) is 9.78 Å². The smallest absolute Gasteiger partial charge is 0.475 e. The predicted molar refractivity (Wildman–Crippen MR) is 121 cm³/mol. The molecule has 1 aromatic heterocycles. The lowest BCUT2D eigenvalue weighted by atomic mass is 9.97. The van der Waals surface area contributed by atoms with Crippen LogP contribution in [0.15, 0.2) is 29.1 Å². The number of amides is 1. The van der Waals surface area contributed by atoms with Crippen LogP contribution in [0, 0.1) is 5.92 Å². The topological polar surface area (TPSA) is 124 Å². The fourth-order valence-corrected chi connectivity index (χ4v) is 4.18. The van der Waals surface area contributed by atoms with Crippen LogP contribution in [0.1, 0.15) is 65.2 Å². The monoisotopic (exact) mass is 492 g/mol. The summed E-state index contributed by atoms with van der Waals surface area (Å²) in [7, 11) is 0. The zero-order valence-corrected chi connectivity index (χ0v) is 19.0. The van der Waals surface area contributed by atoms with Crippen molar-refractivity contribution < 1.29 is 27.9 Å². The number of alkyl halides is 3. The predicted octanol–water partition coefficient (Wildman–Crippen LogP) is 3.39. The maximum absolute atomic E-state index is 12.7. The van der Waals surface area contributed by atoms with Gasteiger partial charge in [-0.3, -0.25) is 19.9 Å². The summed E-state index contributed by atoms with van der Waals surface area (Å²) in [6.07, 6.45) is 2.40. The molecule has 0 spiro atoms. The van der Waals surface area contributed by atoms with E-state index >= 15 is 0 Å². The van der Waals surface area contributed by atoms with Gasteiger partial charge in [-0.2, -0.15) is 13.2 Å². The van der Waals surface area contributed by atoms with Crippen LogP contribution in [0.25, 0.3) is 0 Å². The van der Waals surface area contributed by atoms with E-state index in [9.17, 15) is 22.8 Å². The van der Waals surface area contributed by atoms with E-state index in [4.69, 9.17) is 9.90 Å². The highest BCUT2D eigenvalue weighted by Gasteiger charge is 2.39. The second kappa shape index (κ2) is 10.2. The molecule has 4 N–H and O–H groups in total. The highest BCUT2D eigenvalue weighted by Crippen LogP contribution is 2.41. The lowest BCUT2D eigenvalue weighted by molar-refractivity contribution is -0.192. The van der Waals surface area contributed by atoms with Gasteiger partial charge in [0.05, 0.1) is 5.69 Å². The summed E-state index contributed by atoms with van der Waals surface area (Å²) in [5, 5.41) is 13.5. The van der Waals surface area contributed by atoms with Gasteiger partial charge >= 0.3 is 12.1 Å². The van der Waals surface area contributed by atoms with Crippen molar-refractivity contribution in [2.75, 3.05) is 11.9 Å². The maximum Gasteiger partial charge on any atom is 0.490 e. The Balaban J connectivity index is 0.000000364. The molecule has 3 aliphatic rings. The molecule has 0 saturated heterocycles. The van der Waals surface area contributed by atoms with Crippen LogP contribution in [0.2, 0.25) is 0 Å². The summed E-state index contributed by atoms with van der Waals surface area (Å²) in [4.78, 5) is 41.0. The van der Waals surface area contributed by atoms with Gasteiger partial charge in [0.25, 0.3) is 11.5 Å². The molecule has 1 amide bonds. The van der Waals surface area contributed by atoms with Crippen LogP contribution in [0.4, 0.5) is 19.1 Å². The molecular formula is C24H27F3N4O4. The quantitative estimate of drug-likeness (QED) is 0.490. The van der Waals surface area contributed by atoms with E-state index in [1.54, 1.807) is 0 Å². The summed E-state index contributed by atoms with van der Waals surface area (Å²) < 4.78 is 31.7. The number of hydrogen-bond acceptors (Lipinski definition) is 5. The summed E-state index contributed by atoms with van der Waals surface area (Å²) in [5.41, 5.74) is 3.26. The van der Waals surface area contributed by atoms with Gasteiger partial charge in [-0.1, -0.05) is 12.1 Å². The third-order valence-electron chi connectivity index (χ3n) is 6.40. The molecule has 1 aromatic carbocycles. The number of carbonyl (C=O) groups is 2. The third-order valence-corrected chi connectivity index (χ3v) is 6.40. The number of H-pyrrole nitrogens is 1. The van der Waals surface area contributed by atoms with Gasteiger partial charge in [0, 0.05) is 23.1 Å². The minimum Gasteiger partial charge on any atom is -0.475 e. The average Bonchev–Trinajstić information content (AvgIpc) is 3.73. The molecule has 0 aliphatic heterocycles. The number of aryl methyl sites for hydroxylation is 1. The van der Waals surface area contributed by atoms with Crippen LogP contribution in [0.3, 0.4) is 0 Å². The zero-order chi connectivity index (χ0) is 25.2. The molecule has 2 saturated carbocycles. The fraction of sp³-hybridized carbons (Fsp3) is 0.500. The van der Waals surface area contributed by atoms with Crippen molar-refractivity contribution >= 4 is 17.8 Å². The molecule has 1 heterocycles. The van der Waals surface area contributed by atoms with E-state index < -0.39 is 12.1 Å². The summed E-state index contributed by atoms with van der Waals surface area (Å²) in [6.45, 7) is 1.12. The van der Waals surface area contributed by atoms with Crippen molar-refractivity contribution in [3.63, 3.8) is 0 Å². The molecule has 5 rings (SSSR count). The van der Waals surface area contributed by atoms with Gasteiger partial charge in [0.1, 0.15) is 0 Å². The van der Waals surface area contributed by atoms with Gasteiger partial charge in [0.15, 0.2) is 0 Å². The number of aromatic nitrogens is 2. The number of carboxylic acid groups (broad SMARTS) is 1. The van der Waals surface area contributed by atoms with Crippen LogP contribution < -0.4 is 16.2 Å². The number of nitrogens with zero attached hydrogens (tertiary/aromatic N) is 1. The number of benzene rings is 1.